The minimum atomic E-state index is -0.189. The molecule has 4 aromatic heterocycles. The normalized spacial score (nSPS) is 11.5. The largest absolute Gasteiger partial charge is 0.464 e. The van der Waals surface area contributed by atoms with Crippen LogP contribution >= 0.6 is 11.3 Å². The number of H-pyrrole nitrogens is 2. The van der Waals surface area contributed by atoms with Crippen molar-refractivity contribution < 1.29 is 9.21 Å². The number of fused-ring (bicyclic) bond motifs is 3. The molecule has 0 saturated heterocycles. The van der Waals surface area contributed by atoms with Gasteiger partial charge in [0.1, 0.15) is 15.3 Å². The molecule has 0 unspecified atom stereocenters. The van der Waals surface area contributed by atoms with E-state index in [1.54, 1.807) is 25.3 Å². The molecule has 4 heterocycles. The van der Waals surface area contributed by atoms with E-state index in [0.29, 0.717) is 37.6 Å². The van der Waals surface area contributed by atoms with Crippen LogP contribution in [-0.4, -0.2) is 21.0 Å². The zero-order valence-corrected chi connectivity index (χ0v) is 12.6. The molecule has 0 aliphatic heterocycles. The van der Waals surface area contributed by atoms with E-state index in [1.165, 1.54) is 18.3 Å². The topological polar surface area (TPSA) is 91.8 Å². The first kappa shape index (κ1) is 13.0. The second-order valence-corrected chi connectivity index (χ2v) is 6.05. The van der Waals surface area contributed by atoms with Crippen molar-refractivity contribution in [2.24, 2.45) is 0 Å². The molecule has 0 aromatic carbocycles. The van der Waals surface area contributed by atoms with E-state index in [-0.39, 0.29) is 11.3 Å². The summed E-state index contributed by atoms with van der Waals surface area (Å²) >= 11 is 1.30. The van der Waals surface area contributed by atoms with E-state index in [1.807, 2.05) is 0 Å². The van der Waals surface area contributed by atoms with Gasteiger partial charge in [-0.3, -0.25) is 19.8 Å². The number of hydrogen-bond acceptors (Lipinski definition) is 5. The number of nitrogens with zero attached hydrogens (tertiary/aromatic N) is 1. The highest BCUT2D eigenvalue weighted by molar-refractivity contribution is 7.25. The molecule has 4 rings (SSSR count). The fourth-order valence-electron chi connectivity index (χ4n) is 2.80. The Balaban J connectivity index is 2.30. The molecule has 0 fully saturated rings. The molecule has 0 aliphatic rings. The lowest BCUT2D eigenvalue weighted by Crippen LogP contribution is -2.02. The summed E-state index contributed by atoms with van der Waals surface area (Å²) in [6, 6.07) is 3.57. The van der Waals surface area contributed by atoms with Crippen LogP contribution in [0, 0.1) is 6.92 Å². The predicted octanol–water partition coefficient (Wildman–Crippen LogP) is 3.24. The number of thiophene rings is 1. The Hall–Kier alpha value is -2.67. The first-order valence-corrected chi connectivity index (χ1v) is 7.48. The Kier molecular flexibility index (Phi) is 2.61. The van der Waals surface area contributed by atoms with Gasteiger partial charge in [-0.1, -0.05) is 0 Å². The van der Waals surface area contributed by atoms with Crippen LogP contribution in [0.4, 0.5) is 0 Å². The minimum Gasteiger partial charge on any atom is -0.464 e. The summed E-state index contributed by atoms with van der Waals surface area (Å²) < 4.78 is 6.09. The fraction of sp³-hybridized carbons (Fsp3) is 0.133. The summed E-state index contributed by atoms with van der Waals surface area (Å²) in [5, 5.41) is 6.19. The van der Waals surface area contributed by atoms with E-state index < -0.39 is 0 Å². The molecule has 0 spiro atoms. The number of aromatic nitrogens is 3. The number of aromatic amines is 2. The van der Waals surface area contributed by atoms with Crippen LogP contribution in [0.3, 0.4) is 0 Å². The van der Waals surface area contributed by atoms with Crippen molar-refractivity contribution in [2.75, 3.05) is 0 Å². The van der Waals surface area contributed by atoms with Gasteiger partial charge in [0.15, 0.2) is 5.78 Å². The molecule has 0 amide bonds. The maximum Gasteiger partial charge on any atom is 0.281 e. The number of hydrogen-bond donors (Lipinski definition) is 2. The third-order valence-electron chi connectivity index (χ3n) is 3.65. The summed E-state index contributed by atoms with van der Waals surface area (Å²) in [5.74, 6) is 0.498. The monoisotopic (exact) mass is 313 g/mol. The first-order valence-electron chi connectivity index (χ1n) is 6.66. The number of aryl methyl sites for hydroxylation is 1. The number of carbonyl (C=O) groups is 1. The van der Waals surface area contributed by atoms with Crippen LogP contribution < -0.4 is 5.56 Å². The van der Waals surface area contributed by atoms with Crippen molar-refractivity contribution in [1.29, 1.82) is 0 Å². The summed E-state index contributed by atoms with van der Waals surface area (Å²) in [6.45, 7) is 3.30. The number of ketones is 1. The van der Waals surface area contributed by atoms with Crippen LogP contribution in [0.15, 0.2) is 27.6 Å². The van der Waals surface area contributed by atoms with Gasteiger partial charge in [-0.15, -0.1) is 11.3 Å². The summed E-state index contributed by atoms with van der Waals surface area (Å²) in [7, 11) is 0. The average molecular weight is 313 g/mol. The second-order valence-electron chi connectivity index (χ2n) is 5.05. The van der Waals surface area contributed by atoms with Crippen molar-refractivity contribution >= 4 is 37.6 Å². The van der Waals surface area contributed by atoms with E-state index in [2.05, 4.69) is 15.2 Å². The Morgan fingerprint density at radius 3 is 2.86 bits per heavy atom. The fourth-order valence-corrected chi connectivity index (χ4v) is 3.88. The van der Waals surface area contributed by atoms with Gasteiger partial charge in [-0.25, -0.2) is 4.98 Å². The van der Waals surface area contributed by atoms with E-state index in [4.69, 9.17) is 4.42 Å². The first-order chi connectivity index (χ1) is 10.6. The van der Waals surface area contributed by atoms with Crippen LogP contribution in [0.1, 0.15) is 23.0 Å². The number of furan rings is 1. The Bertz CT molecular complexity index is 1080. The molecule has 0 bridgehead atoms. The maximum atomic E-state index is 12.1. The molecular weight excluding hydrogens is 302 g/mol. The number of pyridine rings is 1. The van der Waals surface area contributed by atoms with E-state index in [0.717, 1.165) is 5.39 Å². The van der Waals surface area contributed by atoms with Crippen LogP contribution in [0.25, 0.3) is 31.8 Å². The Morgan fingerprint density at radius 2 is 2.18 bits per heavy atom. The Labute approximate surface area is 127 Å². The van der Waals surface area contributed by atoms with Gasteiger partial charge in [-0.2, -0.15) is 0 Å². The van der Waals surface area contributed by atoms with Crippen molar-refractivity contribution in [2.45, 2.75) is 13.8 Å². The standard InChI is InChI=1S/C15H11N3O3S/c1-6-9(7(2)19)10(8-4-3-5-21-8)11-12-13(14(20)18-17-12)22-15(11)16-6/h3-5H,1-2H3,(H2,17,18,20). The van der Waals surface area contributed by atoms with Gasteiger partial charge in [0, 0.05) is 10.9 Å². The molecule has 4 aromatic rings. The number of nitrogens with one attached hydrogen (secondary N) is 2. The highest BCUT2D eigenvalue weighted by Crippen LogP contribution is 2.40. The van der Waals surface area contributed by atoms with Gasteiger partial charge in [-0.05, 0) is 26.0 Å². The maximum absolute atomic E-state index is 12.1. The third-order valence-corrected chi connectivity index (χ3v) is 4.73. The summed E-state index contributed by atoms with van der Waals surface area (Å²) in [5.41, 5.74) is 2.30. The summed E-state index contributed by atoms with van der Waals surface area (Å²) in [6.07, 6.45) is 1.56. The lowest BCUT2D eigenvalue weighted by molar-refractivity contribution is 0.101. The molecule has 0 radical (unpaired) electrons. The number of carbonyl (C=O) groups excluding carboxylic acids is 1. The number of rotatable bonds is 2. The van der Waals surface area contributed by atoms with Gasteiger partial charge >= 0.3 is 0 Å². The van der Waals surface area contributed by atoms with E-state index in [9.17, 15) is 9.59 Å². The zero-order chi connectivity index (χ0) is 15.4. The summed E-state index contributed by atoms with van der Waals surface area (Å²) in [4.78, 5) is 29.2. The van der Waals surface area contributed by atoms with Crippen LogP contribution in [0.5, 0.6) is 0 Å². The third kappa shape index (κ3) is 1.62. The zero-order valence-electron chi connectivity index (χ0n) is 11.8. The molecular formula is C15H11N3O3S. The van der Waals surface area contributed by atoms with Crippen molar-refractivity contribution in [3.05, 3.63) is 40.0 Å². The van der Waals surface area contributed by atoms with Crippen LogP contribution in [0.2, 0.25) is 0 Å². The second kappa shape index (κ2) is 4.41. The van der Waals surface area contributed by atoms with E-state index >= 15 is 0 Å². The average Bonchev–Trinajstić information content (AvgIpc) is 3.15. The molecule has 110 valence electrons. The predicted molar refractivity (Wildman–Crippen MR) is 84.5 cm³/mol. The quantitative estimate of drug-likeness (QED) is 0.556. The number of Topliss-reactive ketones (excluding diaryl/α,β-unsaturated/α-hetero) is 1. The Morgan fingerprint density at radius 1 is 1.36 bits per heavy atom. The van der Waals surface area contributed by atoms with Gasteiger partial charge in [0.2, 0.25) is 0 Å². The molecule has 0 saturated carbocycles. The molecule has 0 aliphatic carbocycles. The van der Waals surface area contributed by atoms with Crippen molar-refractivity contribution in [1.82, 2.24) is 15.2 Å². The molecule has 7 heteroatoms. The minimum absolute atomic E-state index is 0.0875. The van der Waals surface area contributed by atoms with Gasteiger partial charge in [0.05, 0.1) is 23.0 Å². The molecule has 22 heavy (non-hydrogen) atoms. The molecule has 0 atom stereocenters. The van der Waals surface area contributed by atoms with Crippen molar-refractivity contribution in [3.8, 4) is 11.3 Å². The van der Waals surface area contributed by atoms with Gasteiger partial charge < -0.3 is 4.42 Å². The molecule has 2 N–H and O–H groups in total. The smallest absolute Gasteiger partial charge is 0.281 e. The molecule has 6 nitrogen and oxygen atoms in total. The highest BCUT2D eigenvalue weighted by Gasteiger charge is 2.24. The van der Waals surface area contributed by atoms with Crippen molar-refractivity contribution in [3.63, 3.8) is 0 Å². The lowest BCUT2D eigenvalue weighted by atomic mass is 9.98. The van der Waals surface area contributed by atoms with Gasteiger partial charge in [0.25, 0.3) is 5.56 Å². The van der Waals surface area contributed by atoms with Crippen LogP contribution in [-0.2, 0) is 0 Å². The highest BCUT2D eigenvalue weighted by atomic mass is 32.1. The SMILES string of the molecule is CC(=O)c1c(C)nc2sc3c(=O)[nH][nH]c3c2c1-c1ccco1. The lowest BCUT2D eigenvalue weighted by Gasteiger charge is -2.09.